The molecule has 3 amide bonds. The number of nitrogens with one attached hydrogen (secondary N) is 1. The van der Waals surface area contributed by atoms with Gasteiger partial charge in [-0.25, -0.2) is 9.97 Å². The lowest BCUT2D eigenvalue weighted by molar-refractivity contribution is -0.136. The number of hydrogen-bond acceptors (Lipinski definition) is 5. The van der Waals surface area contributed by atoms with Gasteiger partial charge in [0.05, 0.1) is 0 Å². The number of likely N-dealkylation sites (N-methyl/N-ethyl adjacent to an activating group) is 1. The van der Waals surface area contributed by atoms with Crippen LogP contribution in [0.1, 0.15) is 23.5 Å². The smallest absolute Gasteiger partial charge is 0.292 e. The van der Waals surface area contributed by atoms with E-state index in [1.54, 1.807) is 6.07 Å². The molecule has 1 aliphatic rings. The summed E-state index contributed by atoms with van der Waals surface area (Å²) < 4.78 is 0. The van der Waals surface area contributed by atoms with E-state index in [0.717, 1.165) is 0 Å². The van der Waals surface area contributed by atoms with Gasteiger partial charge in [0.1, 0.15) is 6.04 Å². The van der Waals surface area contributed by atoms with E-state index in [9.17, 15) is 14.4 Å². The number of aromatic nitrogens is 2. The molecule has 1 aromatic rings. The molecule has 1 fully saturated rings. The summed E-state index contributed by atoms with van der Waals surface area (Å²) in [5, 5.41) is 2.20. The number of carbonyl (C=O) groups excluding carboxylic acids is 3. The summed E-state index contributed by atoms with van der Waals surface area (Å²) in [5.41, 5.74) is 0. The van der Waals surface area contributed by atoms with Gasteiger partial charge in [-0.1, -0.05) is 0 Å². The van der Waals surface area contributed by atoms with Crippen LogP contribution >= 0.6 is 0 Å². The first kappa shape index (κ1) is 12.2. The Labute approximate surface area is 103 Å². The molecule has 1 unspecified atom stereocenters. The van der Waals surface area contributed by atoms with E-state index in [4.69, 9.17) is 0 Å². The minimum absolute atomic E-state index is 0.0321. The zero-order valence-corrected chi connectivity index (χ0v) is 9.79. The van der Waals surface area contributed by atoms with Crippen molar-refractivity contribution < 1.29 is 14.4 Å². The van der Waals surface area contributed by atoms with Crippen LogP contribution in [-0.4, -0.2) is 45.7 Å². The number of hydrogen-bond donors (Lipinski definition) is 1. The highest BCUT2D eigenvalue weighted by molar-refractivity contribution is 6.02. The standard InChI is InChI=1S/C11H12N4O3/c1-15(7-3-4-8(16)14-10(7)17)11(18)9-12-5-2-6-13-9/h2,5-7H,3-4H2,1H3,(H,14,16,17). The Morgan fingerprint density at radius 1 is 1.39 bits per heavy atom. The third-order valence-electron chi connectivity index (χ3n) is 2.76. The first-order valence-corrected chi connectivity index (χ1v) is 5.47. The Balaban J connectivity index is 2.12. The second-order valence-corrected chi connectivity index (χ2v) is 3.96. The SMILES string of the molecule is CN(C(=O)c1ncccn1)C1CCC(=O)NC1=O. The topological polar surface area (TPSA) is 92.3 Å². The quantitative estimate of drug-likeness (QED) is 0.702. The number of rotatable bonds is 2. The third-order valence-corrected chi connectivity index (χ3v) is 2.76. The van der Waals surface area contributed by atoms with E-state index in [2.05, 4.69) is 15.3 Å². The maximum absolute atomic E-state index is 12.0. The Kier molecular flexibility index (Phi) is 3.31. The Hall–Kier alpha value is -2.31. The largest absolute Gasteiger partial charge is 0.327 e. The van der Waals surface area contributed by atoms with Crippen LogP contribution in [0.2, 0.25) is 0 Å². The summed E-state index contributed by atoms with van der Waals surface area (Å²) in [5.74, 6) is -1.18. The van der Waals surface area contributed by atoms with Crippen molar-refractivity contribution in [3.63, 3.8) is 0 Å². The normalized spacial score (nSPS) is 19.3. The van der Waals surface area contributed by atoms with Gasteiger partial charge in [-0.2, -0.15) is 0 Å². The Morgan fingerprint density at radius 2 is 2.06 bits per heavy atom. The first-order chi connectivity index (χ1) is 8.59. The summed E-state index contributed by atoms with van der Waals surface area (Å²) in [4.78, 5) is 43.6. The molecule has 0 saturated carbocycles. The van der Waals surface area contributed by atoms with Gasteiger partial charge in [0, 0.05) is 25.9 Å². The molecule has 2 rings (SSSR count). The third kappa shape index (κ3) is 2.34. The van der Waals surface area contributed by atoms with Crippen molar-refractivity contribution in [3.05, 3.63) is 24.3 Å². The van der Waals surface area contributed by atoms with Crippen LogP contribution in [0.5, 0.6) is 0 Å². The van der Waals surface area contributed by atoms with E-state index in [-0.39, 0.29) is 18.2 Å². The van der Waals surface area contributed by atoms with E-state index in [0.29, 0.717) is 6.42 Å². The van der Waals surface area contributed by atoms with Gasteiger partial charge in [0.25, 0.3) is 5.91 Å². The molecule has 94 valence electrons. The zero-order chi connectivity index (χ0) is 13.1. The molecule has 1 aliphatic heterocycles. The van der Waals surface area contributed by atoms with E-state index < -0.39 is 17.9 Å². The van der Waals surface area contributed by atoms with Gasteiger partial charge in [0.2, 0.25) is 17.6 Å². The minimum Gasteiger partial charge on any atom is -0.327 e. The Bertz CT molecular complexity index is 488. The lowest BCUT2D eigenvalue weighted by Gasteiger charge is -2.29. The lowest BCUT2D eigenvalue weighted by Crippen LogP contribution is -2.53. The molecular weight excluding hydrogens is 236 g/mol. The molecular formula is C11H12N4O3. The van der Waals surface area contributed by atoms with Gasteiger partial charge < -0.3 is 4.90 Å². The van der Waals surface area contributed by atoms with E-state index >= 15 is 0 Å². The average molecular weight is 248 g/mol. The highest BCUT2D eigenvalue weighted by atomic mass is 16.2. The summed E-state index contributed by atoms with van der Waals surface area (Å²) in [6.45, 7) is 0. The molecule has 0 bridgehead atoms. The van der Waals surface area contributed by atoms with Gasteiger partial charge in [0.15, 0.2) is 0 Å². The van der Waals surface area contributed by atoms with Gasteiger partial charge in [-0.05, 0) is 12.5 Å². The first-order valence-electron chi connectivity index (χ1n) is 5.47. The van der Waals surface area contributed by atoms with Crippen LogP contribution in [0, 0.1) is 0 Å². The van der Waals surface area contributed by atoms with Crippen molar-refractivity contribution in [1.82, 2.24) is 20.2 Å². The van der Waals surface area contributed by atoms with Crippen molar-refractivity contribution in [1.29, 1.82) is 0 Å². The molecule has 1 saturated heterocycles. The van der Waals surface area contributed by atoms with Crippen molar-refractivity contribution in [2.75, 3.05) is 7.05 Å². The fourth-order valence-electron chi connectivity index (χ4n) is 1.76. The minimum atomic E-state index is -0.654. The van der Waals surface area contributed by atoms with Crippen molar-refractivity contribution in [3.8, 4) is 0 Å². The van der Waals surface area contributed by atoms with Crippen molar-refractivity contribution >= 4 is 17.7 Å². The summed E-state index contributed by atoms with van der Waals surface area (Å²) >= 11 is 0. The Morgan fingerprint density at radius 3 is 2.67 bits per heavy atom. The second kappa shape index (κ2) is 4.91. The number of carbonyl (C=O) groups is 3. The molecule has 1 atom stereocenters. The predicted molar refractivity (Wildman–Crippen MR) is 60.3 cm³/mol. The van der Waals surface area contributed by atoms with Crippen LogP contribution in [0.25, 0.3) is 0 Å². The van der Waals surface area contributed by atoms with E-state index in [1.165, 1.54) is 24.3 Å². The summed E-state index contributed by atoms with van der Waals surface area (Å²) in [6.07, 6.45) is 3.46. The molecule has 0 radical (unpaired) electrons. The molecule has 0 aliphatic carbocycles. The maximum Gasteiger partial charge on any atom is 0.292 e. The average Bonchev–Trinajstić information content (AvgIpc) is 2.38. The van der Waals surface area contributed by atoms with Gasteiger partial charge in [-0.15, -0.1) is 0 Å². The lowest BCUT2D eigenvalue weighted by atomic mass is 10.0. The molecule has 0 spiro atoms. The number of nitrogens with zero attached hydrogens (tertiary/aromatic N) is 3. The molecule has 7 heteroatoms. The highest BCUT2D eigenvalue weighted by Gasteiger charge is 2.33. The van der Waals surface area contributed by atoms with Crippen LogP contribution in [0.3, 0.4) is 0 Å². The number of amides is 3. The van der Waals surface area contributed by atoms with Crippen LogP contribution in [0.4, 0.5) is 0 Å². The monoisotopic (exact) mass is 248 g/mol. The fraction of sp³-hybridized carbons (Fsp3) is 0.364. The molecule has 1 aromatic heterocycles. The van der Waals surface area contributed by atoms with Crippen LogP contribution < -0.4 is 5.32 Å². The predicted octanol–water partition coefficient (Wildman–Crippen LogP) is -0.646. The number of imide groups is 1. The molecule has 1 N–H and O–H groups in total. The zero-order valence-electron chi connectivity index (χ0n) is 9.79. The molecule has 0 aromatic carbocycles. The highest BCUT2D eigenvalue weighted by Crippen LogP contribution is 2.12. The van der Waals surface area contributed by atoms with Crippen LogP contribution in [-0.2, 0) is 9.59 Å². The van der Waals surface area contributed by atoms with E-state index in [1.807, 2.05) is 0 Å². The molecule has 2 heterocycles. The van der Waals surface area contributed by atoms with Gasteiger partial charge >= 0.3 is 0 Å². The fourth-order valence-corrected chi connectivity index (χ4v) is 1.76. The molecule has 7 nitrogen and oxygen atoms in total. The maximum atomic E-state index is 12.0. The number of piperidine rings is 1. The summed E-state index contributed by atoms with van der Waals surface area (Å²) in [7, 11) is 1.50. The van der Waals surface area contributed by atoms with Crippen molar-refractivity contribution in [2.24, 2.45) is 0 Å². The van der Waals surface area contributed by atoms with Crippen molar-refractivity contribution in [2.45, 2.75) is 18.9 Å². The second-order valence-electron chi connectivity index (χ2n) is 3.96. The summed E-state index contributed by atoms with van der Waals surface area (Å²) in [6, 6.07) is 0.946. The molecule has 18 heavy (non-hydrogen) atoms. The van der Waals surface area contributed by atoms with Gasteiger partial charge in [-0.3, -0.25) is 19.7 Å². The van der Waals surface area contributed by atoms with Crippen LogP contribution in [0.15, 0.2) is 18.5 Å².